The van der Waals surface area contributed by atoms with Gasteiger partial charge in [-0.1, -0.05) is 19.9 Å². The van der Waals surface area contributed by atoms with Gasteiger partial charge in [-0.15, -0.1) is 0 Å². The number of H-pyrrole nitrogens is 1. The number of aromatic amines is 1. The predicted molar refractivity (Wildman–Crippen MR) is 183 cm³/mol. The van der Waals surface area contributed by atoms with Crippen molar-refractivity contribution in [3.63, 3.8) is 0 Å². The summed E-state index contributed by atoms with van der Waals surface area (Å²) in [5.41, 5.74) is 5.21. The Morgan fingerprint density at radius 3 is 2.50 bits per heavy atom. The number of hydrogen-bond acceptors (Lipinski definition) is 7. The first-order valence-electron chi connectivity index (χ1n) is 16.3. The molecule has 7 rings (SSSR count). The van der Waals surface area contributed by atoms with Crippen molar-refractivity contribution in [2.24, 2.45) is 11.3 Å². The van der Waals surface area contributed by atoms with Crippen molar-refractivity contribution >= 4 is 34.0 Å². The quantitative estimate of drug-likeness (QED) is 0.218. The van der Waals surface area contributed by atoms with Crippen LogP contribution in [0.3, 0.4) is 0 Å². The van der Waals surface area contributed by atoms with Gasteiger partial charge in [0.15, 0.2) is 5.82 Å². The van der Waals surface area contributed by atoms with Crippen LogP contribution in [-0.2, 0) is 9.59 Å². The van der Waals surface area contributed by atoms with Crippen LogP contribution in [0, 0.1) is 17.2 Å². The molecule has 5 heterocycles. The molecule has 244 valence electrons. The minimum atomic E-state index is -0.636. The third kappa shape index (κ3) is 6.21. The van der Waals surface area contributed by atoms with E-state index in [4.69, 9.17) is 0 Å². The summed E-state index contributed by atoms with van der Waals surface area (Å²) in [5, 5.41) is 11.5. The van der Waals surface area contributed by atoms with Gasteiger partial charge in [-0.05, 0) is 91.5 Å². The third-order valence-electron chi connectivity index (χ3n) is 9.71. The van der Waals surface area contributed by atoms with E-state index in [2.05, 4.69) is 55.3 Å². The summed E-state index contributed by atoms with van der Waals surface area (Å²) in [7, 11) is 0. The van der Waals surface area contributed by atoms with E-state index < -0.39 is 5.41 Å². The number of nitrogens with one attached hydrogen (secondary N) is 2. The molecule has 2 aliphatic rings. The summed E-state index contributed by atoms with van der Waals surface area (Å²) in [4.78, 5) is 44.5. The van der Waals surface area contributed by atoms with E-state index in [9.17, 15) is 14.0 Å². The molecule has 0 radical (unpaired) electrons. The van der Waals surface area contributed by atoms with E-state index in [1.807, 2.05) is 35.2 Å². The Labute approximate surface area is 278 Å². The average Bonchev–Trinajstić information content (AvgIpc) is 3.74. The molecule has 3 aromatic heterocycles. The molecular weight excluding hydrogens is 607 g/mol. The van der Waals surface area contributed by atoms with Crippen LogP contribution < -0.4 is 5.32 Å². The maximum Gasteiger partial charge on any atom is 0.237 e. The van der Waals surface area contributed by atoms with E-state index in [1.54, 1.807) is 36.8 Å². The van der Waals surface area contributed by atoms with Gasteiger partial charge in [-0.2, -0.15) is 5.10 Å². The summed E-state index contributed by atoms with van der Waals surface area (Å²) in [5.74, 6) is 0.405. The molecule has 48 heavy (non-hydrogen) atoms. The highest BCUT2D eigenvalue weighted by molar-refractivity contribution is 6.00. The Hall–Kier alpha value is -5.29. The average molecular weight is 645 g/mol. The van der Waals surface area contributed by atoms with Gasteiger partial charge in [0.2, 0.25) is 11.8 Å². The molecule has 0 spiro atoms. The van der Waals surface area contributed by atoms with E-state index in [0.717, 1.165) is 39.7 Å². The molecule has 2 amide bonds. The van der Waals surface area contributed by atoms with E-state index >= 15 is 0 Å². The molecule has 1 saturated heterocycles. The lowest BCUT2D eigenvalue weighted by Crippen LogP contribution is -2.45. The van der Waals surface area contributed by atoms with Gasteiger partial charge in [0, 0.05) is 60.4 Å². The minimum absolute atomic E-state index is 0.0541. The maximum absolute atomic E-state index is 13.9. The van der Waals surface area contributed by atoms with Crippen molar-refractivity contribution in [1.82, 2.24) is 34.9 Å². The van der Waals surface area contributed by atoms with Crippen LogP contribution in [0.5, 0.6) is 0 Å². The standard InChI is InChI=1S/C37H37FN8O2/c1-24(2)37(36(48)42-29-9-11-32-30(20-29)34(44-43-32)26-4-7-28(38)8-5-26)14-19-45(23-37)22-33(47)46-17-12-25(13-18-46)31-10-6-27(21-41-31)35-39-15-3-16-40-35/h3-12,15-16,20-21,24H,13-14,17-19,22-23H2,1-2H3,(H,42,48)(H,43,44). The van der Waals surface area contributed by atoms with E-state index in [-0.39, 0.29) is 30.1 Å². The molecule has 11 heteroatoms. The fourth-order valence-electron chi connectivity index (χ4n) is 6.73. The first kappa shape index (κ1) is 31.3. The van der Waals surface area contributed by atoms with Gasteiger partial charge in [0.05, 0.1) is 28.9 Å². The van der Waals surface area contributed by atoms with Gasteiger partial charge < -0.3 is 10.2 Å². The highest BCUT2D eigenvalue weighted by Gasteiger charge is 2.47. The van der Waals surface area contributed by atoms with Crippen molar-refractivity contribution in [2.45, 2.75) is 26.7 Å². The van der Waals surface area contributed by atoms with Crippen LogP contribution >= 0.6 is 0 Å². The Morgan fingerprint density at radius 1 is 1.00 bits per heavy atom. The van der Waals surface area contributed by atoms with Crippen molar-refractivity contribution in [2.75, 3.05) is 38.0 Å². The summed E-state index contributed by atoms with van der Waals surface area (Å²) in [6, 6.07) is 17.6. The Kier molecular flexibility index (Phi) is 8.53. The molecular formula is C37H37FN8O2. The highest BCUT2D eigenvalue weighted by Crippen LogP contribution is 2.39. The largest absolute Gasteiger partial charge is 0.338 e. The van der Waals surface area contributed by atoms with E-state index in [0.29, 0.717) is 49.8 Å². The minimum Gasteiger partial charge on any atom is -0.338 e. The fourth-order valence-corrected chi connectivity index (χ4v) is 6.73. The van der Waals surface area contributed by atoms with Crippen molar-refractivity contribution in [3.8, 4) is 22.6 Å². The highest BCUT2D eigenvalue weighted by atomic mass is 19.1. The summed E-state index contributed by atoms with van der Waals surface area (Å²) in [6.07, 6.45) is 8.68. The number of aromatic nitrogens is 5. The van der Waals surface area contributed by atoms with Crippen LogP contribution in [0.4, 0.5) is 10.1 Å². The zero-order valence-electron chi connectivity index (χ0n) is 27.0. The van der Waals surface area contributed by atoms with Gasteiger partial charge in [0.25, 0.3) is 0 Å². The maximum atomic E-state index is 13.9. The van der Waals surface area contributed by atoms with Crippen LogP contribution in [0.25, 0.3) is 39.1 Å². The zero-order valence-corrected chi connectivity index (χ0v) is 27.0. The number of rotatable bonds is 8. The molecule has 0 aliphatic carbocycles. The number of hydrogen-bond donors (Lipinski definition) is 2. The molecule has 2 aromatic carbocycles. The third-order valence-corrected chi connectivity index (χ3v) is 9.71. The van der Waals surface area contributed by atoms with E-state index in [1.165, 1.54) is 12.1 Å². The second kappa shape index (κ2) is 13.1. The molecule has 5 aromatic rings. The number of nitrogens with zero attached hydrogens (tertiary/aromatic N) is 6. The normalized spacial score (nSPS) is 18.3. The van der Waals surface area contributed by atoms with Gasteiger partial charge in [0.1, 0.15) is 5.82 Å². The van der Waals surface area contributed by atoms with Crippen LogP contribution in [0.2, 0.25) is 0 Å². The number of likely N-dealkylation sites (tertiary alicyclic amines) is 1. The van der Waals surface area contributed by atoms with Crippen molar-refractivity contribution in [1.29, 1.82) is 0 Å². The number of carbonyl (C=O) groups excluding carboxylic acids is 2. The molecule has 1 fully saturated rings. The summed E-state index contributed by atoms with van der Waals surface area (Å²) >= 11 is 0. The summed E-state index contributed by atoms with van der Waals surface area (Å²) in [6.45, 7) is 6.74. The molecule has 1 atom stereocenters. The van der Waals surface area contributed by atoms with Gasteiger partial charge >= 0.3 is 0 Å². The second-order valence-electron chi connectivity index (χ2n) is 12.9. The van der Waals surface area contributed by atoms with Gasteiger partial charge in [-0.25, -0.2) is 14.4 Å². The van der Waals surface area contributed by atoms with Gasteiger partial charge in [-0.3, -0.25) is 24.6 Å². The molecule has 0 saturated carbocycles. The number of amides is 2. The Bertz CT molecular complexity index is 1970. The number of fused-ring (bicyclic) bond motifs is 1. The number of carbonyl (C=O) groups is 2. The number of benzene rings is 2. The number of halogens is 1. The number of anilines is 1. The van der Waals surface area contributed by atoms with Crippen LogP contribution in [0.15, 0.2) is 85.3 Å². The Morgan fingerprint density at radius 2 is 1.79 bits per heavy atom. The topological polar surface area (TPSA) is 120 Å². The van der Waals surface area contributed by atoms with Crippen molar-refractivity contribution < 1.29 is 14.0 Å². The molecule has 2 aliphatic heterocycles. The van der Waals surface area contributed by atoms with Crippen LogP contribution in [-0.4, -0.2) is 79.5 Å². The predicted octanol–water partition coefficient (Wildman–Crippen LogP) is 5.82. The molecule has 10 nitrogen and oxygen atoms in total. The first-order valence-corrected chi connectivity index (χ1v) is 16.3. The molecule has 0 bridgehead atoms. The lowest BCUT2D eigenvalue weighted by molar-refractivity contribution is -0.133. The SMILES string of the molecule is CC(C)C1(C(=O)Nc2ccc3[nH]nc(-c4ccc(F)cc4)c3c2)CCN(CC(=O)N2CC=C(c3ccc(-c4ncccn4)cn3)CC2)C1. The van der Waals surface area contributed by atoms with Crippen LogP contribution in [0.1, 0.15) is 32.4 Å². The lowest BCUT2D eigenvalue weighted by Gasteiger charge is -2.33. The number of pyridine rings is 1. The zero-order chi connectivity index (χ0) is 33.3. The fraction of sp³-hybridized carbons (Fsp3) is 0.297. The lowest BCUT2D eigenvalue weighted by atomic mass is 9.75. The second-order valence-corrected chi connectivity index (χ2v) is 12.9. The monoisotopic (exact) mass is 644 g/mol. The first-order chi connectivity index (χ1) is 23.3. The summed E-state index contributed by atoms with van der Waals surface area (Å²) < 4.78 is 13.5. The molecule has 1 unspecified atom stereocenters. The van der Waals surface area contributed by atoms with Crippen molar-refractivity contribution in [3.05, 3.63) is 96.8 Å². The smallest absolute Gasteiger partial charge is 0.237 e. The Balaban J connectivity index is 0.979. The molecule has 2 N–H and O–H groups in total.